The molecule has 0 aliphatic rings. The van der Waals surface area contributed by atoms with Gasteiger partial charge in [-0.15, -0.1) is 0 Å². The number of rotatable bonds is 13. The van der Waals surface area contributed by atoms with Gasteiger partial charge in [0.25, 0.3) is 0 Å². The Bertz CT molecular complexity index is 501. The molecule has 0 aromatic heterocycles. The molecular weight excluding hydrogens is 324 g/mol. The van der Waals surface area contributed by atoms with Crippen LogP contribution in [0.3, 0.4) is 0 Å². The first-order valence-corrected chi connectivity index (χ1v) is 10.1. The van der Waals surface area contributed by atoms with Crippen molar-refractivity contribution in [2.24, 2.45) is 4.99 Å². The van der Waals surface area contributed by atoms with Crippen LogP contribution in [0.5, 0.6) is 0 Å². The largest absolute Gasteiger partial charge is 0.382 e. The fourth-order valence-electron chi connectivity index (χ4n) is 2.74. The number of nitrogens with one attached hydrogen (secondary N) is 2. The normalized spacial score (nSPS) is 11.8. The van der Waals surface area contributed by atoms with E-state index in [4.69, 9.17) is 9.73 Å². The van der Waals surface area contributed by atoms with Crippen LogP contribution >= 0.6 is 0 Å². The number of hydrogen-bond donors (Lipinski definition) is 2. The maximum Gasteiger partial charge on any atom is 0.191 e. The maximum absolute atomic E-state index is 5.38. The summed E-state index contributed by atoms with van der Waals surface area (Å²) in [6.07, 6.45) is 2.16. The van der Waals surface area contributed by atoms with Gasteiger partial charge >= 0.3 is 0 Å². The maximum atomic E-state index is 5.38. The Balaban J connectivity index is 2.60. The molecule has 0 unspecified atom stereocenters. The molecule has 1 rings (SSSR count). The predicted octanol–water partition coefficient (Wildman–Crippen LogP) is 3.40. The zero-order valence-corrected chi connectivity index (χ0v) is 17.2. The van der Waals surface area contributed by atoms with Crippen LogP contribution < -0.4 is 10.6 Å². The van der Waals surface area contributed by atoms with Crippen molar-refractivity contribution in [1.82, 2.24) is 15.5 Å². The minimum Gasteiger partial charge on any atom is -0.382 e. The van der Waals surface area contributed by atoms with E-state index in [2.05, 4.69) is 60.6 Å². The van der Waals surface area contributed by atoms with Crippen molar-refractivity contribution in [2.75, 3.05) is 39.4 Å². The summed E-state index contributed by atoms with van der Waals surface area (Å²) < 4.78 is 5.38. The van der Waals surface area contributed by atoms with Crippen molar-refractivity contribution in [3.63, 3.8) is 0 Å². The van der Waals surface area contributed by atoms with E-state index in [-0.39, 0.29) is 0 Å². The number of unbranched alkanes of at least 4 members (excludes halogenated alkanes) is 1. The van der Waals surface area contributed by atoms with Gasteiger partial charge in [-0.25, -0.2) is 4.99 Å². The van der Waals surface area contributed by atoms with Gasteiger partial charge in [0.1, 0.15) is 0 Å². The zero-order chi connectivity index (χ0) is 19.0. The van der Waals surface area contributed by atoms with E-state index < -0.39 is 0 Å². The first-order chi connectivity index (χ1) is 12.7. The molecule has 148 valence electrons. The molecule has 5 heteroatoms. The van der Waals surface area contributed by atoms with Crippen LogP contribution in [0.15, 0.2) is 29.3 Å². The van der Waals surface area contributed by atoms with E-state index in [1.807, 2.05) is 6.92 Å². The van der Waals surface area contributed by atoms with Crippen molar-refractivity contribution in [3.05, 3.63) is 35.4 Å². The Morgan fingerprint density at radius 3 is 2.38 bits per heavy atom. The number of ether oxygens (including phenoxy) is 1. The predicted molar refractivity (Wildman–Crippen MR) is 112 cm³/mol. The van der Waals surface area contributed by atoms with Gasteiger partial charge in [0.15, 0.2) is 5.96 Å². The Labute approximate surface area is 160 Å². The van der Waals surface area contributed by atoms with Gasteiger partial charge in [0, 0.05) is 32.8 Å². The van der Waals surface area contributed by atoms with Crippen LogP contribution in [0.2, 0.25) is 0 Å². The SMILES string of the molecule is CCNC(=NCc1ccccc1CN(CC)CC)NCCCCOCC. The lowest BCUT2D eigenvalue weighted by Crippen LogP contribution is -2.37. The number of benzene rings is 1. The molecule has 0 radical (unpaired) electrons. The molecule has 0 atom stereocenters. The van der Waals surface area contributed by atoms with Crippen LogP contribution in [0, 0.1) is 0 Å². The Morgan fingerprint density at radius 2 is 1.73 bits per heavy atom. The van der Waals surface area contributed by atoms with Gasteiger partial charge in [-0.1, -0.05) is 38.1 Å². The third kappa shape index (κ3) is 9.20. The lowest BCUT2D eigenvalue weighted by atomic mass is 10.1. The minimum atomic E-state index is 0.700. The second-order valence-electron chi connectivity index (χ2n) is 6.26. The molecule has 0 aliphatic carbocycles. The summed E-state index contributed by atoms with van der Waals surface area (Å²) in [4.78, 5) is 7.22. The summed E-state index contributed by atoms with van der Waals surface area (Å²) in [6.45, 7) is 15.8. The first kappa shape index (κ1) is 22.5. The molecule has 5 nitrogen and oxygen atoms in total. The van der Waals surface area contributed by atoms with E-state index in [0.717, 1.165) is 64.7 Å². The van der Waals surface area contributed by atoms with Gasteiger partial charge < -0.3 is 15.4 Å². The van der Waals surface area contributed by atoms with Gasteiger partial charge in [-0.05, 0) is 50.9 Å². The van der Waals surface area contributed by atoms with Crippen molar-refractivity contribution in [3.8, 4) is 0 Å². The third-order valence-corrected chi connectivity index (χ3v) is 4.37. The van der Waals surface area contributed by atoms with Crippen LogP contribution in [-0.4, -0.2) is 50.3 Å². The molecule has 2 N–H and O–H groups in total. The van der Waals surface area contributed by atoms with Gasteiger partial charge in [0.2, 0.25) is 0 Å². The van der Waals surface area contributed by atoms with E-state index in [1.165, 1.54) is 11.1 Å². The molecule has 0 amide bonds. The van der Waals surface area contributed by atoms with Crippen LogP contribution in [0.4, 0.5) is 0 Å². The summed E-state index contributed by atoms with van der Waals surface area (Å²) in [5, 5.41) is 6.76. The molecule has 0 spiro atoms. The smallest absolute Gasteiger partial charge is 0.191 e. The highest BCUT2D eigenvalue weighted by Gasteiger charge is 2.06. The second kappa shape index (κ2) is 14.6. The van der Waals surface area contributed by atoms with Crippen LogP contribution in [-0.2, 0) is 17.8 Å². The Morgan fingerprint density at radius 1 is 1.00 bits per heavy atom. The lowest BCUT2D eigenvalue weighted by Gasteiger charge is -2.20. The minimum absolute atomic E-state index is 0.700. The molecule has 0 aliphatic heterocycles. The number of guanidine groups is 1. The molecule has 0 saturated carbocycles. The summed E-state index contributed by atoms with van der Waals surface area (Å²) >= 11 is 0. The van der Waals surface area contributed by atoms with Crippen LogP contribution in [0.1, 0.15) is 51.7 Å². The monoisotopic (exact) mass is 362 g/mol. The quantitative estimate of drug-likeness (QED) is 0.321. The number of hydrogen-bond acceptors (Lipinski definition) is 3. The molecule has 0 saturated heterocycles. The van der Waals surface area contributed by atoms with Crippen molar-refractivity contribution in [1.29, 1.82) is 0 Å². The highest BCUT2D eigenvalue weighted by Crippen LogP contribution is 2.13. The average Bonchev–Trinajstić information content (AvgIpc) is 2.67. The summed E-state index contributed by atoms with van der Waals surface area (Å²) in [6, 6.07) is 8.63. The molecule has 1 aromatic rings. The lowest BCUT2D eigenvalue weighted by molar-refractivity contribution is 0.143. The third-order valence-electron chi connectivity index (χ3n) is 4.37. The zero-order valence-electron chi connectivity index (χ0n) is 17.2. The molecule has 0 heterocycles. The standard InChI is InChI=1S/C21H38N4O/c1-5-22-21(23-15-11-12-16-26-8-4)24-17-19-13-9-10-14-20(19)18-25(6-2)7-3/h9-10,13-14H,5-8,11-12,15-18H2,1-4H3,(H2,22,23,24). The van der Waals surface area contributed by atoms with E-state index in [1.54, 1.807) is 0 Å². The van der Waals surface area contributed by atoms with Gasteiger partial charge in [-0.2, -0.15) is 0 Å². The van der Waals surface area contributed by atoms with Gasteiger partial charge in [-0.3, -0.25) is 4.90 Å². The topological polar surface area (TPSA) is 48.9 Å². The average molecular weight is 363 g/mol. The van der Waals surface area contributed by atoms with E-state index in [0.29, 0.717) is 6.54 Å². The molecule has 0 fully saturated rings. The van der Waals surface area contributed by atoms with Crippen molar-refractivity contribution < 1.29 is 4.74 Å². The fraction of sp³-hybridized carbons (Fsp3) is 0.667. The molecule has 26 heavy (non-hydrogen) atoms. The molecule has 1 aromatic carbocycles. The summed E-state index contributed by atoms with van der Waals surface area (Å²) in [5.74, 6) is 0.890. The Kier molecular flexibility index (Phi) is 12.6. The highest BCUT2D eigenvalue weighted by atomic mass is 16.5. The first-order valence-electron chi connectivity index (χ1n) is 10.1. The molecule has 0 bridgehead atoms. The number of aliphatic imine (C=N–C) groups is 1. The van der Waals surface area contributed by atoms with Crippen LogP contribution in [0.25, 0.3) is 0 Å². The second-order valence-corrected chi connectivity index (χ2v) is 6.26. The highest BCUT2D eigenvalue weighted by molar-refractivity contribution is 5.79. The van der Waals surface area contributed by atoms with Gasteiger partial charge in [0.05, 0.1) is 6.54 Å². The van der Waals surface area contributed by atoms with Crippen molar-refractivity contribution in [2.45, 2.75) is 53.6 Å². The Hall–Kier alpha value is -1.59. The number of nitrogens with zero attached hydrogens (tertiary/aromatic N) is 2. The summed E-state index contributed by atoms with van der Waals surface area (Å²) in [5.41, 5.74) is 2.67. The summed E-state index contributed by atoms with van der Waals surface area (Å²) in [7, 11) is 0. The fourth-order valence-corrected chi connectivity index (χ4v) is 2.74. The van der Waals surface area contributed by atoms with E-state index in [9.17, 15) is 0 Å². The van der Waals surface area contributed by atoms with Crippen molar-refractivity contribution >= 4 is 5.96 Å². The molecular formula is C21H38N4O. The van der Waals surface area contributed by atoms with E-state index >= 15 is 0 Å².